The van der Waals surface area contributed by atoms with E-state index in [1.807, 2.05) is 19.1 Å². The van der Waals surface area contributed by atoms with Gasteiger partial charge in [0.2, 0.25) is 0 Å². The number of hydrogen-bond donors (Lipinski definition) is 2. The Hall–Kier alpha value is -2.36. The predicted octanol–water partition coefficient (Wildman–Crippen LogP) is 2.15. The summed E-state index contributed by atoms with van der Waals surface area (Å²) in [6.45, 7) is 1.94. The van der Waals surface area contributed by atoms with Crippen molar-refractivity contribution in [3.8, 4) is 0 Å². The van der Waals surface area contributed by atoms with Gasteiger partial charge in [-0.05, 0) is 48.9 Å². The predicted molar refractivity (Wildman–Crippen MR) is 71.0 cm³/mol. The van der Waals surface area contributed by atoms with Crippen LogP contribution in [0.4, 0.5) is 5.69 Å². The molecule has 0 fully saturated rings. The fraction of sp³-hybridized carbons (Fsp3) is 0.143. The Labute approximate surface area is 106 Å². The van der Waals surface area contributed by atoms with Crippen LogP contribution < -0.4 is 11.1 Å². The molecule has 0 saturated heterocycles. The molecule has 0 spiro atoms. The summed E-state index contributed by atoms with van der Waals surface area (Å²) in [5.41, 5.74) is 7.85. The normalized spacial score (nSPS) is 11.8. The maximum Gasteiger partial charge on any atom is 0.251 e. The van der Waals surface area contributed by atoms with Crippen LogP contribution in [-0.4, -0.2) is 10.9 Å². The Morgan fingerprint density at radius 3 is 2.39 bits per heavy atom. The summed E-state index contributed by atoms with van der Waals surface area (Å²) in [6.07, 6.45) is 3.42. The van der Waals surface area contributed by atoms with Crippen LogP contribution in [-0.2, 0) is 0 Å². The SMILES string of the molecule is CC(NC(=O)c1ccc(N)cc1)c1ccncc1. The van der Waals surface area contributed by atoms with Crippen molar-refractivity contribution in [2.75, 3.05) is 5.73 Å². The van der Waals surface area contributed by atoms with Gasteiger partial charge in [0.15, 0.2) is 0 Å². The molecule has 3 N–H and O–H groups in total. The van der Waals surface area contributed by atoms with E-state index in [1.54, 1.807) is 36.7 Å². The third-order valence-electron chi connectivity index (χ3n) is 2.73. The molecule has 0 bridgehead atoms. The van der Waals surface area contributed by atoms with E-state index in [0.29, 0.717) is 11.3 Å². The van der Waals surface area contributed by atoms with Gasteiger partial charge in [-0.2, -0.15) is 0 Å². The molecule has 0 aliphatic heterocycles. The molecule has 1 heterocycles. The Bertz CT molecular complexity index is 522. The summed E-state index contributed by atoms with van der Waals surface area (Å²) in [4.78, 5) is 15.9. The highest BCUT2D eigenvalue weighted by Crippen LogP contribution is 2.12. The molecule has 4 nitrogen and oxygen atoms in total. The summed E-state index contributed by atoms with van der Waals surface area (Å²) < 4.78 is 0. The first kappa shape index (κ1) is 12.1. The van der Waals surface area contributed by atoms with Crippen LogP contribution in [0.15, 0.2) is 48.8 Å². The van der Waals surface area contributed by atoms with Crippen molar-refractivity contribution in [1.82, 2.24) is 10.3 Å². The standard InChI is InChI=1S/C14H15N3O/c1-10(11-6-8-16-9-7-11)17-14(18)12-2-4-13(15)5-3-12/h2-10H,15H2,1H3,(H,17,18). The molecule has 0 saturated carbocycles. The van der Waals surface area contributed by atoms with Crippen molar-refractivity contribution in [3.05, 3.63) is 59.9 Å². The van der Waals surface area contributed by atoms with E-state index in [9.17, 15) is 4.79 Å². The number of nitrogens with zero attached hydrogens (tertiary/aromatic N) is 1. The molecule has 0 aliphatic rings. The van der Waals surface area contributed by atoms with Gasteiger partial charge in [0.25, 0.3) is 5.91 Å². The number of nitrogen functional groups attached to an aromatic ring is 1. The number of carbonyl (C=O) groups is 1. The number of hydrogen-bond acceptors (Lipinski definition) is 3. The second-order valence-electron chi connectivity index (χ2n) is 4.10. The number of aromatic nitrogens is 1. The van der Waals surface area contributed by atoms with Crippen molar-refractivity contribution in [3.63, 3.8) is 0 Å². The number of amides is 1. The Morgan fingerprint density at radius 2 is 1.78 bits per heavy atom. The van der Waals surface area contributed by atoms with Crippen LogP contribution >= 0.6 is 0 Å². The third-order valence-corrected chi connectivity index (χ3v) is 2.73. The number of carbonyl (C=O) groups excluding carboxylic acids is 1. The smallest absolute Gasteiger partial charge is 0.251 e. The summed E-state index contributed by atoms with van der Waals surface area (Å²) in [6, 6.07) is 10.6. The second-order valence-corrected chi connectivity index (χ2v) is 4.10. The topological polar surface area (TPSA) is 68.0 Å². The molecule has 1 unspecified atom stereocenters. The summed E-state index contributed by atoms with van der Waals surface area (Å²) >= 11 is 0. The molecule has 18 heavy (non-hydrogen) atoms. The zero-order valence-corrected chi connectivity index (χ0v) is 10.1. The van der Waals surface area contributed by atoms with Gasteiger partial charge in [0.1, 0.15) is 0 Å². The third kappa shape index (κ3) is 2.85. The van der Waals surface area contributed by atoms with Gasteiger partial charge in [0, 0.05) is 23.6 Å². The number of rotatable bonds is 3. The van der Waals surface area contributed by atoms with Crippen molar-refractivity contribution in [2.24, 2.45) is 0 Å². The Balaban J connectivity index is 2.06. The lowest BCUT2D eigenvalue weighted by molar-refractivity contribution is 0.0940. The number of anilines is 1. The lowest BCUT2D eigenvalue weighted by Gasteiger charge is -2.14. The lowest BCUT2D eigenvalue weighted by Crippen LogP contribution is -2.26. The van der Waals surface area contributed by atoms with Gasteiger partial charge in [-0.25, -0.2) is 0 Å². The number of nitrogens with one attached hydrogen (secondary N) is 1. The van der Waals surface area contributed by atoms with Crippen molar-refractivity contribution >= 4 is 11.6 Å². The first-order chi connectivity index (χ1) is 8.66. The second kappa shape index (κ2) is 5.31. The molecular formula is C14H15N3O. The van der Waals surface area contributed by atoms with Crippen LogP contribution in [0.3, 0.4) is 0 Å². The molecule has 2 rings (SSSR count). The van der Waals surface area contributed by atoms with E-state index in [2.05, 4.69) is 10.3 Å². The summed E-state index contributed by atoms with van der Waals surface area (Å²) in [5.74, 6) is -0.112. The highest BCUT2D eigenvalue weighted by Gasteiger charge is 2.10. The largest absolute Gasteiger partial charge is 0.399 e. The summed E-state index contributed by atoms with van der Waals surface area (Å²) in [7, 11) is 0. The maximum atomic E-state index is 12.0. The van der Waals surface area contributed by atoms with E-state index >= 15 is 0 Å². The van der Waals surface area contributed by atoms with E-state index in [0.717, 1.165) is 5.56 Å². The average molecular weight is 241 g/mol. The Kier molecular flexibility index (Phi) is 3.57. The average Bonchev–Trinajstić information content (AvgIpc) is 2.40. The van der Waals surface area contributed by atoms with Crippen LogP contribution in [0.1, 0.15) is 28.9 Å². The Morgan fingerprint density at radius 1 is 1.17 bits per heavy atom. The quantitative estimate of drug-likeness (QED) is 0.809. The highest BCUT2D eigenvalue weighted by molar-refractivity contribution is 5.94. The number of nitrogens with two attached hydrogens (primary N) is 1. The maximum absolute atomic E-state index is 12.0. The van der Waals surface area contributed by atoms with Crippen molar-refractivity contribution in [2.45, 2.75) is 13.0 Å². The zero-order valence-electron chi connectivity index (χ0n) is 10.1. The molecule has 92 valence electrons. The summed E-state index contributed by atoms with van der Waals surface area (Å²) in [5, 5.41) is 2.92. The van der Waals surface area contributed by atoms with Gasteiger partial charge in [-0.1, -0.05) is 0 Å². The van der Waals surface area contributed by atoms with Crippen LogP contribution in [0.2, 0.25) is 0 Å². The molecular weight excluding hydrogens is 226 g/mol. The minimum Gasteiger partial charge on any atom is -0.399 e. The van der Waals surface area contributed by atoms with E-state index in [-0.39, 0.29) is 11.9 Å². The zero-order chi connectivity index (χ0) is 13.0. The lowest BCUT2D eigenvalue weighted by atomic mass is 10.1. The molecule has 4 heteroatoms. The van der Waals surface area contributed by atoms with Gasteiger partial charge in [0.05, 0.1) is 6.04 Å². The molecule has 1 atom stereocenters. The van der Waals surface area contributed by atoms with Gasteiger partial charge >= 0.3 is 0 Å². The first-order valence-electron chi connectivity index (χ1n) is 5.73. The van der Waals surface area contributed by atoms with Gasteiger partial charge in [-0.3, -0.25) is 9.78 Å². The monoisotopic (exact) mass is 241 g/mol. The molecule has 0 aliphatic carbocycles. The fourth-order valence-electron chi connectivity index (χ4n) is 1.65. The first-order valence-corrected chi connectivity index (χ1v) is 5.73. The van der Waals surface area contributed by atoms with Crippen LogP contribution in [0, 0.1) is 0 Å². The fourth-order valence-corrected chi connectivity index (χ4v) is 1.65. The van der Waals surface area contributed by atoms with Crippen LogP contribution in [0.5, 0.6) is 0 Å². The number of benzene rings is 1. The van der Waals surface area contributed by atoms with Gasteiger partial charge in [-0.15, -0.1) is 0 Å². The van der Waals surface area contributed by atoms with E-state index in [4.69, 9.17) is 5.73 Å². The van der Waals surface area contributed by atoms with E-state index < -0.39 is 0 Å². The molecule has 1 aromatic heterocycles. The molecule has 1 amide bonds. The minimum atomic E-state index is -0.112. The van der Waals surface area contributed by atoms with Crippen LogP contribution in [0.25, 0.3) is 0 Å². The molecule has 2 aromatic rings. The minimum absolute atomic E-state index is 0.0574. The number of pyridine rings is 1. The highest BCUT2D eigenvalue weighted by atomic mass is 16.1. The van der Waals surface area contributed by atoms with Crippen molar-refractivity contribution in [1.29, 1.82) is 0 Å². The van der Waals surface area contributed by atoms with Gasteiger partial charge < -0.3 is 11.1 Å². The molecule has 0 radical (unpaired) electrons. The molecule has 1 aromatic carbocycles. The van der Waals surface area contributed by atoms with E-state index in [1.165, 1.54) is 0 Å². The van der Waals surface area contributed by atoms with Crippen molar-refractivity contribution < 1.29 is 4.79 Å².